The lowest BCUT2D eigenvalue weighted by atomic mass is 10.2. The van der Waals surface area contributed by atoms with Crippen molar-refractivity contribution in [1.29, 1.82) is 0 Å². The van der Waals surface area contributed by atoms with Gasteiger partial charge < -0.3 is 26.8 Å². The fourth-order valence-electron chi connectivity index (χ4n) is 1.68. The van der Waals surface area contributed by atoms with Crippen LogP contribution in [0.4, 0.5) is 5.69 Å². The summed E-state index contributed by atoms with van der Waals surface area (Å²) < 4.78 is 0. The van der Waals surface area contributed by atoms with Crippen molar-refractivity contribution >= 4 is 40.8 Å². The molecule has 1 saturated heterocycles. The first kappa shape index (κ1) is 18.5. The van der Waals surface area contributed by atoms with Gasteiger partial charge in [-0.05, 0) is 30.8 Å². The van der Waals surface area contributed by atoms with E-state index in [2.05, 4.69) is 5.32 Å². The molecule has 1 fully saturated rings. The largest absolute Gasteiger partial charge is 0.480 e. The molecule has 23 heavy (non-hydrogen) atoms. The van der Waals surface area contributed by atoms with Crippen molar-refractivity contribution in [2.24, 2.45) is 11.5 Å². The van der Waals surface area contributed by atoms with Gasteiger partial charge in [0.05, 0.1) is 0 Å². The number of amides is 2. The van der Waals surface area contributed by atoms with Gasteiger partial charge in [-0.15, -0.1) is 0 Å². The summed E-state index contributed by atoms with van der Waals surface area (Å²) in [5.41, 5.74) is 10.8. The highest BCUT2D eigenvalue weighted by Gasteiger charge is 2.23. The molecule has 6 N–H and O–H groups in total. The summed E-state index contributed by atoms with van der Waals surface area (Å²) in [6.45, 7) is 0.322. The summed E-state index contributed by atoms with van der Waals surface area (Å²) >= 11 is 4.99. The molecule has 8 nitrogen and oxygen atoms in total. The summed E-state index contributed by atoms with van der Waals surface area (Å²) in [5.74, 6) is -1.69. The molecule has 9 heteroatoms. The van der Waals surface area contributed by atoms with Gasteiger partial charge in [0, 0.05) is 12.1 Å². The molecule has 0 bridgehead atoms. The third-order valence-corrected chi connectivity index (χ3v) is 3.20. The number of benzene rings is 1. The number of aliphatic carboxylic acids is 1. The minimum absolute atomic E-state index is 0.0213. The van der Waals surface area contributed by atoms with E-state index in [0.717, 1.165) is 5.69 Å². The van der Waals surface area contributed by atoms with E-state index >= 15 is 0 Å². The van der Waals surface area contributed by atoms with E-state index in [9.17, 15) is 14.4 Å². The number of carboxylic acids is 1. The van der Waals surface area contributed by atoms with E-state index in [1.165, 1.54) is 0 Å². The molecule has 0 aromatic heterocycles. The number of rotatable bonds is 5. The lowest BCUT2D eigenvalue weighted by Crippen LogP contribution is -2.31. The van der Waals surface area contributed by atoms with Gasteiger partial charge in [-0.3, -0.25) is 14.4 Å². The van der Waals surface area contributed by atoms with Crippen LogP contribution in [0.25, 0.3) is 0 Å². The van der Waals surface area contributed by atoms with Crippen LogP contribution in [0.15, 0.2) is 30.3 Å². The predicted molar refractivity (Wildman–Crippen MR) is 88.6 cm³/mol. The van der Waals surface area contributed by atoms with Crippen LogP contribution < -0.4 is 21.7 Å². The third-order valence-electron chi connectivity index (χ3n) is 2.88. The Kier molecular flexibility index (Phi) is 7.10. The van der Waals surface area contributed by atoms with Crippen LogP contribution in [0.2, 0.25) is 0 Å². The van der Waals surface area contributed by atoms with Crippen molar-refractivity contribution in [1.82, 2.24) is 5.32 Å². The Morgan fingerprint density at radius 2 is 1.96 bits per heavy atom. The maximum Gasteiger partial charge on any atom is 0.320 e. The molecular formula is C14H18N4O4S. The van der Waals surface area contributed by atoms with Crippen LogP contribution in [-0.2, 0) is 14.4 Å². The van der Waals surface area contributed by atoms with Crippen molar-refractivity contribution in [3.05, 3.63) is 30.3 Å². The van der Waals surface area contributed by atoms with E-state index in [-0.39, 0.29) is 18.7 Å². The number of carbonyl (C=O) groups excluding carboxylic acids is 2. The summed E-state index contributed by atoms with van der Waals surface area (Å²) in [5, 5.41) is 11.3. The molecule has 1 aliphatic heterocycles. The summed E-state index contributed by atoms with van der Waals surface area (Å²) in [7, 11) is 0. The van der Waals surface area contributed by atoms with E-state index in [0.29, 0.717) is 11.7 Å². The topological polar surface area (TPSA) is 139 Å². The van der Waals surface area contributed by atoms with Gasteiger partial charge in [-0.2, -0.15) is 0 Å². The Morgan fingerprint density at radius 3 is 2.39 bits per heavy atom. The molecule has 1 atom stereocenters. The van der Waals surface area contributed by atoms with Gasteiger partial charge in [-0.25, -0.2) is 0 Å². The van der Waals surface area contributed by atoms with Crippen LogP contribution in [0.3, 0.4) is 0 Å². The standard InChI is InChI=1S/C9H8N2OS.C5H10N2O3/c12-8-6-11(9(13)10-8)7-4-2-1-3-5-7;6-3(5(9)10)1-2-4(7)8/h1-5H,6H2,(H,10,12,13);3H,1-2,6H2,(H2,7,8)(H,9,10). The maximum atomic E-state index is 11.0. The van der Waals surface area contributed by atoms with Crippen LogP contribution in [0.1, 0.15) is 12.8 Å². The minimum Gasteiger partial charge on any atom is -0.480 e. The smallest absolute Gasteiger partial charge is 0.320 e. The molecule has 1 heterocycles. The van der Waals surface area contributed by atoms with Crippen LogP contribution in [0, 0.1) is 0 Å². The van der Waals surface area contributed by atoms with Crippen molar-refractivity contribution in [3.63, 3.8) is 0 Å². The molecule has 0 saturated carbocycles. The van der Waals surface area contributed by atoms with Crippen molar-refractivity contribution < 1.29 is 19.5 Å². The average Bonchev–Trinajstić information content (AvgIpc) is 2.85. The second-order valence-electron chi connectivity index (χ2n) is 4.72. The number of carbonyl (C=O) groups is 3. The molecule has 0 aliphatic carbocycles. The Bertz CT molecular complexity index is 594. The zero-order valence-electron chi connectivity index (χ0n) is 12.3. The Labute approximate surface area is 138 Å². The Balaban J connectivity index is 0.000000241. The van der Waals surface area contributed by atoms with Gasteiger partial charge in [-0.1, -0.05) is 18.2 Å². The Hall–Kier alpha value is -2.52. The summed E-state index contributed by atoms with van der Waals surface area (Å²) in [6, 6.07) is 8.63. The zero-order valence-corrected chi connectivity index (χ0v) is 13.1. The summed E-state index contributed by atoms with van der Waals surface area (Å²) in [4.78, 5) is 32.9. The van der Waals surface area contributed by atoms with Crippen molar-refractivity contribution in [2.45, 2.75) is 18.9 Å². The Morgan fingerprint density at radius 1 is 1.35 bits per heavy atom. The first-order valence-corrected chi connectivity index (χ1v) is 7.15. The fraction of sp³-hybridized carbons (Fsp3) is 0.286. The number of nitrogens with two attached hydrogens (primary N) is 2. The minimum atomic E-state index is -1.11. The molecule has 124 valence electrons. The third kappa shape index (κ3) is 6.41. The first-order chi connectivity index (χ1) is 10.8. The van der Waals surface area contributed by atoms with Crippen LogP contribution in [-0.4, -0.2) is 40.6 Å². The zero-order chi connectivity index (χ0) is 17.4. The average molecular weight is 338 g/mol. The van der Waals surface area contributed by atoms with Crippen LogP contribution >= 0.6 is 12.2 Å². The van der Waals surface area contributed by atoms with Gasteiger partial charge in [0.15, 0.2) is 5.11 Å². The monoisotopic (exact) mass is 338 g/mol. The highest BCUT2D eigenvalue weighted by Crippen LogP contribution is 2.15. The molecule has 1 aromatic rings. The number of anilines is 1. The number of nitrogens with one attached hydrogen (secondary N) is 1. The lowest BCUT2D eigenvalue weighted by Gasteiger charge is -2.14. The lowest BCUT2D eigenvalue weighted by molar-refractivity contribution is -0.138. The van der Waals surface area contributed by atoms with Gasteiger partial charge >= 0.3 is 5.97 Å². The van der Waals surface area contributed by atoms with Crippen LogP contribution in [0.5, 0.6) is 0 Å². The number of thiocarbonyl (C=S) groups is 1. The predicted octanol–water partition coefficient (Wildman–Crippen LogP) is -0.428. The number of nitrogens with zero attached hydrogens (tertiary/aromatic N) is 1. The SMILES string of the molecule is NC(=O)CCC(N)C(=O)O.O=C1CN(c2ccccc2)C(=S)N1. The van der Waals surface area contributed by atoms with Crippen molar-refractivity contribution in [3.8, 4) is 0 Å². The van der Waals surface area contributed by atoms with Gasteiger partial charge in [0.2, 0.25) is 11.8 Å². The number of hydrogen-bond acceptors (Lipinski definition) is 5. The molecule has 1 aromatic carbocycles. The molecule has 2 rings (SSSR count). The normalized spacial score (nSPS) is 14.6. The molecule has 0 radical (unpaired) electrons. The number of hydrogen-bond donors (Lipinski definition) is 4. The number of para-hydroxylation sites is 1. The van der Waals surface area contributed by atoms with Gasteiger partial charge in [0.1, 0.15) is 12.6 Å². The van der Waals surface area contributed by atoms with Gasteiger partial charge in [0.25, 0.3) is 0 Å². The highest BCUT2D eigenvalue weighted by atomic mass is 32.1. The fourth-order valence-corrected chi connectivity index (χ4v) is 1.96. The molecule has 1 unspecified atom stereocenters. The van der Waals surface area contributed by atoms with E-state index < -0.39 is 17.9 Å². The quantitative estimate of drug-likeness (QED) is 0.534. The van der Waals surface area contributed by atoms with E-state index in [4.69, 9.17) is 28.8 Å². The summed E-state index contributed by atoms with van der Waals surface area (Å²) in [6.07, 6.45) is 0.123. The molecule has 0 spiro atoms. The maximum absolute atomic E-state index is 11.0. The van der Waals surface area contributed by atoms with E-state index in [1.54, 1.807) is 4.90 Å². The number of primary amides is 1. The number of carboxylic acid groups (broad SMARTS) is 1. The first-order valence-electron chi connectivity index (χ1n) is 6.74. The molecule has 1 aliphatic rings. The second-order valence-corrected chi connectivity index (χ2v) is 5.11. The second kappa shape index (κ2) is 8.81. The van der Waals surface area contributed by atoms with Crippen molar-refractivity contribution in [2.75, 3.05) is 11.4 Å². The highest BCUT2D eigenvalue weighted by molar-refractivity contribution is 7.80. The van der Waals surface area contributed by atoms with E-state index in [1.807, 2.05) is 30.3 Å². The molecular weight excluding hydrogens is 320 g/mol. The molecule has 2 amide bonds.